The summed E-state index contributed by atoms with van der Waals surface area (Å²) in [4.78, 5) is 0. The monoisotopic (exact) mass is 290 g/mol. The third-order valence-corrected chi connectivity index (χ3v) is 4.79. The van der Waals surface area contributed by atoms with Crippen molar-refractivity contribution in [2.24, 2.45) is 11.7 Å². The van der Waals surface area contributed by atoms with Crippen molar-refractivity contribution in [2.45, 2.75) is 50.5 Å². The highest BCUT2D eigenvalue weighted by molar-refractivity contribution is 5.23. The zero-order valence-corrected chi connectivity index (χ0v) is 13.1. The number of rotatable bonds is 8. The van der Waals surface area contributed by atoms with Crippen LogP contribution in [0.1, 0.15) is 50.5 Å². The van der Waals surface area contributed by atoms with E-state index in [0.29, 0.717) is 5.92 Å². The zero-order valence-electron chi connectivity index (χ0n) is 13.1. The van der Waals surface area contributed by atoms with Gasteiger partial charge in [-0.1, -0.05) is 49.6 Å². The average Bonchev–Trinajstić information content (AvgIpc) is 2.56. The minimum Gasteiger partial charge on any atom is -0.385 e. The van der Waals surface area contributed by atoms with Crippen LogP contribution in [0.25, 0.3) is 0 Å². The molecule has 118 valence electrons. The summed E-state index contributed by atoms with van der Waals surface area (Å²) in [6, 6.07) is 10.2. The lowest BCUT2D eigenvalue weighted by Gasteiger charge is -2.39. The molecule has 1 aliphatic carbocycles. The van der Waals surface area contributed by atoms with Gasteiger partial charge in [-0.15, -0.1) is 0 Å². The summed E-state index contributed by atoms with van der Waals surface area (Å²) < 4.78 is 0. The first-order valence-corrected chi connectivity index (χ1v) is 8.46. The Morgan fingerprint density at radius 3 is 2.48 bits per heavy atom. The summed E-state index contributed by atoms with van der Waals surface area (Å²) in [5.74, 6) is 0.393. The fourth-order valence-corrected chi connectivity index (χ4v) is 3.52. The van der Waals surface area contributed by atoms with Gasteiger partial charge in [0.25, 0.3) is 0 Å². The van der Waals surface area contributed by atoms with E-state index in [4.69, 9.17) is 5.73 Å². The maximum atomic E-state index is 11.4. The first kappa shape index (κ1) is 16.5. The molecule has 1 unspecified atom stereocenters. The lowest BCUT2D eigenvalue weighted by atomic mass is 9.72. The van der Waals surface area contributed by atoms with Crippen molar-refractivity contribution in [3.8, 4) is 0 Å². The Kier molecular flexibility index (Phi) is 6.68. The summed E-state index contributed by atoms with van der Waals surface area (Å²) in [5, 5.41) is 14.8. The number of hydrogen-bond acceptors (Lipinski definition) is 3. The van der Waals surface area contributed by atoms with Crippen molar-refractivity contribution in [3.63, 3.8) is 0 Å². The van der Waals surface area contributed by atoms with Gasteiger partial charge in [0.2, 0.25) is 0 Å². The first-order chi connectivity index (χ1) is 10.3. The van der Waals surface area contributed by atoms with E-state index in [9.17, 15) is 5.11 Å². The SMILES string of the molecule is NCCCNCCC(O)(c1ccccc1)C1CCCCC1. The summed E-state index contributed by atoms with van der Waals surface area (Å²) in [7, 11) is 0. The highest BCUT2D eigenvalue weighted by Crippen LogP contribution is 2.41. The molecule has 0 aromatic heterocycles. The smallest absolute Gasteiger partial charge is 0.0936 e. The Balaban J connectivity index is 2.02. The van der Waals surface area contributed by atoms with Gasteiger partial charge in [0.15, 0.2) is 0 Å². The van der Waals surface area contributed by atoms with Crippen LogP contribution in [-0.2, 0) is 5.60 Å². The number of hydrogen-bond donors (Lipinski definition) is 3. The van der Waals surface area contributed by atoms with Crippen LogP contribution >= 0.6 is 0 Å². The largest absolute Gasteiger partial charge is 0.385 e. The van der Waals surface area contributed by atoms with Gasteiger partial charge >= 0.3 is 0 Å². The predicted octanol–water partition coefficient (Wildman–Crippen LogP) is 2.78. The van der Waals surface area contributed by atoms with E-state index in [-0.39, 0.29) is 0 Å². The summed E-state index contributed by atoms with van der Waals surface area (Å²) >= 11 is 0. The van der Waals surface area contributed by atoms with Crippen LogP contribution in [0.4, 0.5) is 0 Å². The second kappa shape index (κ2) is 8.52. The van der Waals surface area contributed by atoms with Gasteiger partial charge in [-0.25, -0.2) is 0 Å². The summed E-state index contributed by atoms with van der Waals surface area (Å²) in [5.41, 5.74) is 5.91. The molecule has 1 aromatic carbocycles. The van der Waals surface area contributed by atoms with E-state index in [1.807, 2.05) is 18.2 Å². The van der Waals surface area contributed by atoms with Crippen molar-refractivity contribution < 1.29 is 5.11 Å². The Morgan fingerprint density at radius 1 is 1.10 bits per heavy atom. The van der Waals surface area contributed by atoms with Gasteiger partial charge in [0.05, 0.1) is 5.60 Å². The highest BCUT2D eigenvalue weighted by Gasteiger charge is 2.38. The van der Waals surface area contributed by atoms with Crippen molar-refractivity contribution in [1.82, 2.24) is 5.32 Å². The molecule has 2 rings (SSSR count). The quantitative estimate of drug-likeness (QED) is 0.645. The lowest BCUT2D eigenvalue weighted by Crippen LogP contribution is -2.39. The van der Waals surface area contributed by atoms with Crippen LogP contribution in [0.5, 0.6) is 0 Å². The molecule has 0 bridgehead atoms. The van der Waals surface area contributed by atoms with Gasteiger partial charge < -0.3 is 16.2 Å². The number of benzene rings is 1. The molecule has 4 N–H and O–H groups in total. The molecule has 1 aliphatic rings. The number of nitrogens with one attached hydrogen (secondary N) is 1. The molecule has 1 atom stereocenters. The zero-order chi connectivity index (χ0) is 15.0. The fraction of sp³-hybridized carbons (Fsp3) is 0.667. The van der Waals surface area contributed by atoms with Crippen LogP contribution < -0.4 is 11.1 Å². The maximum absolute atomic E-state index is 11.4. The molecular formula is C18H30N2O. The average molecular weight is 290 g/mol. The van der Waals surface area contributed by atoms with E-state index in [1.165, 1.54) is 19.3 Å². The molecule has 1 aromatic rings. The van der Waals surface area contributed by atoms with Crippen molar-refractivity contribution >= 4 is 0 Å². The third kappa shape index (κ3) is 4.53. The maximum Gasteiger partial charge on any atom is 0.0936 e. The van der Waals surface area contributed by atoms with Crippen LogP contribution in [0.15, 0.2) is 30.3 Å². The van der Waals surface area contributed by atoms with E-state index in [2.05, 4.69) is 17.4 Å². The molecule has 21 heavy (non-hydrogen) atoms. The first-order valence-electron chi connectivity index (χ1n) is 8.46. The molecule has 0 amide bonds. The van der Waals surface area contributed by atoms with Crippen molar-refractivity contribution in [1.29, 1.82) is 0 Å². The lowest BCUT2D eigenvalue weighted by molar-refractivity contribution is -0.0455. The van der Waals surface area contributed by atoms with Crippen LogP contribution in [0, 0.1) is 5.92 Å². The molecule has 1 saturated carbocycles. The van der Waals surface area contributed by atoms with Crippen molar-refractivity contribution in [3.05, 3.63) is 35.9 Å². The molecule has 0 aliphatic heterocycles. The molecule has 3 nitrogen and oxygen atoms in total. The normalized spacial score (nSPS) is 19.3. The Morgan fingerprint density at radius 2 is 1.81 bits per heavy atom. The van der Waals surface area contributed by atoms with E-state index in [0.717, 1.165) is 50.9 Å². The summed E-state index contributed by atoms with van der Waals surface area (Å²) in [6.07, 6.45) is 7.89. The van der Waals surface area contributed by atoms with Crippen molar-refractivity contribution in [2.75, 3.05) is 19.6 Å². The number of nitrogens with two attached hydrogens (primary N) is 1. The van der Waals surface area contributed by atoms with Gasteiger partial charge in [-0.2, -0.15) is 0 Å². The predicted molar refractivity (Wildman–Crippen MR) is 88.1 cm³/mol. The minimum atomic E-state index is -0.683. The number of aliphatic hydroxyl groups is 1. The third-order valence-electron chi connectivity index (χ3n) is 4.79. The van der Waals surface area contributed by atoms with Gasteiger partial charge in [0.1, 0.15) is 0 Å². The second-order valence-electron chi connectivity index (χ2n) is 6.27. The Labute approximate surface area is 128 Å². The van der Waals surface area contributed by atoms with E-state index in [1.54, 1.807) is 0 Å². The standard InChI is InChI=1S/C18H30N2O/c19-13-7-14-20-15-12-18(21,16-8-3-1-4-9-16)17-10-5-2-6-11-17/h1,3-4,8-9,17,20-21H,2,5-7,10-15,19H2. The van der Waals surface area contributed by atoms with Gasteiger partial charge in [-0.05, 0) is 56.8 Å². The van der Waals surface area contributed by atoms with E-state index >= 15 is 0 Å². The van der Waals surface area contributed by atoms with Gasteiger partial charge in [0, 0.05) is 0 Å². The Bertz CT molecular complexity index is 389. The molecule has 3 heteroatoms. The summed E-state index contributed by atoms with van der Waals surface area (Å²) in [6.45, 7) is 2.51. The molecule has 0 spiro atoms. The highest BCUT2D eigenvalue weighted by atomic mass is 16.3. The molecule has 0 heterocycles. The molecule has 0 saturated heterocycles. The van der Waals surface area contributed by atoms with Crippen LogP contribution in [0.3, 0.4) is 0 Å². The van der Waals surface area contributed by atoms with Gasteiger partial charge in [-0.3, -0.25) is 0 Å². The van der Waals surface area contributed by atoms with Crippen LogP contribution in [-0.4, -0.2) is 24.7 Å². The Hall–Kier alpha value is -0.900. The molecular weight excluding hydrogens is 260 g/mol. The second-order valence-corrected chi connectivity index (χ2v) is 6.27. The van der Waals surface area contributed by atoms with Crippen LogP contribution in [0.2, 0.25) is 0 Å². The topological polar surface area (TPSA) is 58.3 Å². The minimum absolute atomic E-state index is 0.393. The molecule has 0 radical (unpaired) electrons. The molecule has 1 fully saturated rings. The fourth-order valence-electron chi connectivity index (χ4n) is 3.52. The van der Waals surface area contributed by atoms with E-state index < -0.39 is 5.60 Å².